The molecule has 23 heavy (non-hydrogen) atoms. The highest BCUT2D eigenvalue weighted by atomic mass is 35.5. The maximum atomic E-state index is 12.0. The lowest BCUT2D eigenvalue weighted by atomic mass is 10.1. The van der Waals surface area contributed by atoms with E-state index in [0.29, 0.717) is 5.01 Å². The maximum absolute atomic E-state index is 12.0. The number of esters is 1. The molecule has 0 saturated carbocycles. The van der Waals surface area contributed by atoms with Gasteiger partial charge in [-0.15, -0.1) is 11.3 Å². The maximum Gasteiger partial charge on any atom is 0.340 e. The van der Waals surface area contributed by atoms with E-state index in [1.54, 1.807) is 12.3 Å². The van der Waals surface area contributed by atoms with Crippen LogP contribution in [0.2, 0.25) is 10.2 Å². The van der Waals surface area contributed by atoms with Crippen molar-refractivity contribution in [2.45, 2.75) is 12.8 Å². The van der Waals surface area contributed by atoms with Crippen molar-refractivity contribution in [3.63, 3.8) is 0 Å². The molecule has 0 fully saturated rings. The summed E-state index contributed by atoms with van der Waals surface area (Å²) in [6, 6.07) is 3.16. The minimum Gasteiger partial charge on any atom is -0.454 e. The van der Waals surface area contributed by atoms with Crippen LogP contribution in [0.5, 0.6) is 0 Å². The Morgan fingerprint density at radius 1 is 1.48 bits per heavy atom. The summed E-state index contributed by atoms with van der Waals surface area (Å²) in [5, 5.41) is 11.4. The van der Waals surface area contributed by atoms with Crippen LogP contribution in [0.3, 0.4) is 0 Å². The quantitative estimate of drug-likeness (QED) is 0.593. The molecule has 0 aliphatic rings. The van der Waals surface area contributed by atoms with Gasteiger partial charge in [-0.3, -0.25) is 4.79 Å². The van der Waals surface area contributed by atoms with Crippen molar-refractivity contribution in [1.29, 1.82) is 5.26 Å². The van der Waals surface area contributed by atoms with Gasteiger partial charge in [0.25, 0.3) is 0 Å². The Bertz CT molecular complexity index is 801. The highest BCUT2D eigenvalue weighted by molar-refractivity contribution is 7.09. The molecule has 1 atom stereocenters. The number of rotatable bonds is 5. The fraction of sp³-hybridized carbons (Fsp3) is 0.214. The topological polar surface area (TPSA) is 92.9 Å². The first-order chi connectivity index (χ1) is 10.9. The van der Waals surface area contributed by atoms with E-state index in [4.69, 9.17) is 33.2 Å². The number of thiazole rings is 1. The summed E-state index contributed by atoms with van der Waals surface area (Å²) in [5.41, 5.74) is 0.780. The number of aryl methyl sites for hydroxylation is 1. The largest absolute Gasteiger partial charge is 0.454 e. The number of carbonyl (C=O) groups is 2. The van der Waals surface area contributed by atoms with Crippen molar-refractivity contribution in [2.24, 2.45) is 0 Å². The van der Waals surface area contributed by atoms with Gasteiger partial charge in [0.15, 0.2) is 18.3 Å². The van der Waals surface area contributed by atoms with E-state index in [0.717, 1.165) is 5.69 Å². The molecule has 2 heterocycles. The number of ether oxygens (including phenoxy) is 1. The molecule has 0 N–H and O–H groups in total. The van der Waals surface area contributed by atoms with Crippen LogP contribution in [0.15, 0.2) is 17.6 Å². The zero-order chi connectivity index (χ0) is 17.0. The van der Waals surface area contributed by atoms with Crippen LogP contribution in [-0.4, -0.2) is 28.3 Å². The second kappa shape index (κ2) is 7.51. The normalized spacial score (nSPS) is 11.6. The predicted molar refractivity (Wildman–Crippen MR) is 84.8 cm³/mol. The highest BCUT2D eigenvalue weighted by Crippen LogP contribution is 2.22. The van der Waals surface area contributed by atoms with Gasteiger partial charge in [-0.1, -0.05) is 23.2 Å². The molecule has 0 amide bonds. The first-order valence-electron chi connectivity index (χ1n) is 6.25. The Balaban J connectivity index is 2.01. The molecule has 9 heteroatoms. The van der Waals surface area contributed by atoms with E-state index in [9.17, 15) is 9.59 Å². The lowest BCUT2D eigenvalue weighted by molar-refractivity contribution is -0.122. The molecule has 0 saturated heterocycles. The summed E-state index contributed by atoms with van der Waals surface area (Å²) >= 11 is 12.6. The summed E-state index contributed by atoms with van der Waals surface area (Å²) < 4.78 is 4.89. The summed E-state index contributed by atoms with van der Waals surface area (Å²) in [5.74, 6) is -2.40. The van der Waals surface area contributed by atoms with Crippen LogP contribution in [0.25, 0.3) is 0 Å². The predicted octanol–water partition coefficient (Wildman–Crippen LogP) is 3.19. The van der Waals surface area contributed by atoms with Crippen molar-refractivity contribution in [2.75, 3.05) is 6.61 Å². The van der Waals surface area contributed by atoms with Crippen molar-refractivity contribution in [3.05, 3.63) is 44.1 Å². The molecule has 0 bridgehead atoms. The molecular formula is C14H9Cl2N3O3S. The SMILES string of the molecule is Cc1csc(C(C#N)C(=O)COC(=O)c2cnc(Cl)c(Cl)c2)n1. The first kappa shape index (κ1) is 17.3. The second-order valence-electron chi connectivity index (χ2n) is 4.43. The Hall–Kier alpha value is -2.01. The van der Waals surface area contributed by atoms with Gasteiger partial charge in [-0.05, 0) is 13.0 Å². The van der Waals surface area contributed by atoms with Gasteiger partial charge in [-0.25, -0.2) is 14.8 Å². The summed E-state index contributed by atoms with van der Waals surface area (Å²) in [6.07, 6.45) is 1.19. The van der Waals surface area contributed by atoms with Crippen LogP contribution < -0.4 is 0 Å². The first-order valence-corrected chi connectivity index (χ1v) is 7.88. The third-order valence-electron chi connectivity index (χ3n) is 2.71. The van der Waals surface area contributed by atoms with Gasteiger partial charge in [0.05, 0.1) is 16.7 Å². The fourth-order valence-electron chi connectivity index (χ4n) is 1.61. The van der Waals surface area contributed by atoms with Crippen molar-refractivity contribution < 1.29 is 14.3 Å². The average molecular weight is 370 g/mol. The number of carbonyl (C=O) groups excluding carboxylic acids is 2. The molecule has 2 aromatic heterocycles. The smallest absolute Gasteiger partial charge is 0.340 e. The van der Waals surface area contributed by atoms with E-state index in [1.165, 1.54) is 23.6 Å². The molecule has 0 aliphatic carbocycles. The number of ketones is 1. The number of aromatic nitrogens is 2. The third kappa shape index (κ3) is 4.26. The molecule has 118 valence electrons. The third-order valence-corrected chi connectivity index (χ3v) is 4.43. The van der Waals surface area contributed by atoms with Crippen LogP contribution in [0.1, 0.15) is 27.0 Å². The second-order valence-corrected chi connectivity index (χ2v) is 6.08. The van der Waals surface area contributed by atoms with E-state index in [1.807, 2.05) is 6.07 Å². The van der Waals surface area contributed by atoms with Crippen molar-refractivity contribution in [1.82, 2.24) is 9.97 Å². The molecule has 0 spiro atoms. The number of halogens is 2. The molecule has 0 aliphatic heterocycles. The molecule has 0 aromatic carbocycles. The van der Waals surface area contributed by atoms with E-state index in [-0.39, 0.29) is 15.7 Å². The van der Waals surface area contributed by atoms with Crippen LogP contribution >= 0.6 is 34.5 Å². The standard InChI is InChI=1S/C14H9Cl2N3O3S/c1-7-6-23-13(19-7)9(3-17)11(20)5-22-14(21)8-2-10(15)12(16)18-4-8/h2,4,6,9H,5H2,1H3. The minimum atomic E-state index is -1.06. The molecule has 2 rings (SSSR count). The van der Waals surface area contributed by atoms with Crippen molar-refractivity contribution in [3.8, 4) is 6.07 Å². The Morgan fingerprint density at radius 3 is 2.78 bits per heavy atom. The van der Waals surface area contributed by atoms with Gasteiger partial charge in [0.1, 0.15) is 10.2 Å². The average Bonchev–Trinajstić information content (AvgIpc) is 2.94. The van der Waals surface area contributed by atoms with Crippen LogP contribution in [0, 0.1) is 18.3 Å². The van der Waals surface area contributed by atoms with Gasteiger partial charge < -0.3 is 4.74 Å². The van der Waals surface area contributed by atoms with Gasteiger partial charge in [0.2, 0.25) is 0 Å². The number of nitrogens with zero attached hydrogens (tertiary/aromatic N) is 3. The lowest BCUT2D eigenvalue weighted by Crippen LogP contribution is -2.20. The number of hydrogen-bond acceptors (Lipinski definition) is 7. The Kier molecular flexibility index (Phi) is 5.66. The van der Waals surface area contributed by atoms with Crippen molar-refractivity contribution >= 4 is 46.3 Å². The van der Waals surface area contributed by atoms with E-state index >= 15 is 0 Å². The lowest BCUT2D eigenvalue weighted by Gasteiger charge is -2.07. The monoisotopic (exact) mass is 369 g/mol. The van der Waals surface area contributed by atoms with Crippen LogP contribution in [-0.2, 0) is 9.53 Å². The molecular weight excluding hydrogens is 361 g/mol. The molecule has 0 radical (unpaired) electrons. The summed E-state index contributed by atoms with van der Waals surface area (Å²) in [4.78, 5) is 31.7. The molecule has 1 unspecified atom stereocenters. The molecule has 6 nitrogen and oxygen atoms in total. The Morgan fingerprint density at radius 2 is 2.22 bits per heavy atom. The summed E-state index contributed by atoms with van der Waals surface area (Å²) in [6.45, 7) is 1.21. The minimum absolute atomic E-state index is 0.0583. The summed E-state index contributed by atoms with van der Waals surface area (Å²) in [7, 11) is 0. The van der Waals surface area contributed by atoms with Gasteiger partial charge in [0, 0.05) is 17.3 Å². The number of hydrogen-bond donors (Lipinski definition) is 0. The molecule has 2 aromatic rings. The van der Waals surface area contributed by atoms with Crippen LogP contribution in [0.4, 0.5) is 0 Å². The number of nitriles is 1. The zero-order valence-corrected chi connectivity index (χ0v) is 14.1. The van der Waals surface area contributed by atoms with Gasteiger partial charge >= 0.3 is 5.97 Å². The van der Waals surface area contributed by atoms with E-state index < -0.39 is 24.3 Å². The Labute approximate surface area is 145 Å². The fourth-order valence-corrected chi connectivity index (χ4v) is 2.74. The van der Waals surface area contributed by atoms with Gasteiger partial charge in [-0.2, -0.15) is 5.26 Å². The highest BCUT2D eigenvalue weighted by Gasteiger charge is 2.24. The number of pyridine rings is 1. The zero-order valence-electron chi connectivity index (χ0n) is 11.7. The van der Waals surface area contributed by atoms with E-state index in [2.05, 4.69) is 9.97 Å². The number of Topliss-reactive ketones (excluding diaryl/α,β-unsaturated/α-hetero) is 1.